The molecule has 18 nitrogen and oxygen atoms in total. The molecule has 44 heavy (non-hydrogen) atoms. The van der Waals surface area contributed by atoms with Gasteiger partial charge in [-0.1, -0.05) is 20.4 Å². The largest absolute Gasteiger partial charge is 0.467 e. The molecular formula is C26H45N5O13. The Kier molecular flexibility index (Phi) is 19.5. The number of ether oxygens (including phenoxy) is 1. The van der Waals surface area contributed by atoms with Gasteiger partial charge in [0.15, 0.2) is 11.9 Å². The van der Waals surface area contributed by atoms with E-state index in [1.54, 1.807) is 13.8 Å². The molecule has 0 aromatic carbocycles. The Morgan fingerprint density at radius 3 is 1.80 bits per heavy atom. The highest BCUT2D eigenvalue weighted by Crippen LogP contribution is 2.08. The van der Waals surface area contributed by atoms with Crippen molar-refractivity contribution < 1.29 is 64.1 Å². The number of ketones is 1. The molecule has 18 heteroatoms. The second-order valence-corrected chi connectivity index (χ2v) is 9.93. The van der Waals surface area contributed by atoms with Gasteiger partial charge in [-0.05, 0) is 25.3 Å². The lowest BCUT2D eigenvalue weighted by Gasteiger charge is -2.24. The van der Waals surface area contributed by atoms with Crippen LogP contribution in [-0.4, -0.2) is 148 Å². The lowest BCUT2D eigenvalue weighted by Crippen LogP contribution is -2.58. The number of esters is 1. The van der Waals surface area contributed by atoms with E-state index in [-0.39, 0.29) is 38.4 Å². The van der Waals surface area contributed by atoms with Crippen LogP contribution in [0.3, 0.4) is 0 Å². The van der Waals surface area contributed by atoms with Crippen molar-refractivity contribution in [2.24, 2.45) is 0 Å². The highest BCUT2D eigenvalue weighted by Gasteiger charge is 2.36. The summed E-state index contributed by atoms with van der Waals surface area (Å²) < 4.78 is 4.67. The van der Waals surface area contributed by atoms with Crippen molar-refractivity contribution in [2.75, 3.05) is 33.4 Å². The predicted octanol–water partition coefficient (Wildman–Crippen LogP) is -5.92. The average molecular weight is 636 g/mol. The molecule has 0 radical (unpaired) electrons. The fourth-order valence-corrected chi connectivity index (χ4v) is 3.47. The van der Waals surface area contributed by atoms with Gasteiger partial charge in [0.05, 0.1) is 26.9 Å². The normalized spacial score (nSPS) is 15.9. The molecule has 0 aliphatic carbocycles. The molecule has 0 aromatic heterocycles. The number of nitrogens with one attached hydrogen (secondary N) is 5. The van der Waals surface area contributed by atoms with Gasteiger partial charge in [-0.3, -0.25) is 24.0 Å². The maximum absolute atomic E-state index is 12.7. The molecule has 4 amide bonds. The summed E-state index contributed by atoms with van der Waals surface area (Å²) in [5.74, 6) is -5.54. The fraction of sp³-hybridized carbons (Fsp3) is 0.692. The first-order valence-corrected chi connectivity index (χ1v) is 13.7. The zero-order valence-electron chi connectivity index (χ0n) is 24.9. The predicted molar refractivity (Wildman–Crippen MR) is 151 cm³/mol. The molecule has 0 aliphatic heterocycles. The number of methoxy groups -OCH3 is 1. The topological polar surface area (TPSA) is 293 Å². The van der Waals surface area contributed by atoms with Gasteiger partial charge in [-0.25, -0.2) is 4.79 Å². The minimum atomic E-state index is -2.20. The minimum absolute atomic E-state index is 0.0182. The van der Waals surface area contributed by atoms with E-state index in [2.05, 4.69) is 37.9 Å². The number of hydrogen-bond acceptors (Lipinski definition) is 14. The van der Waals surface area contributed by atoms with Gasteiger partial charge >= 0.3 is 5.97 Å². The first-order valence-electron chi connectivity index (χ1n) is 13.7. The molecule has 11 N–H and O–H groups in total. The van der Waals surface area contributed by atoms with Crippen LogP contribution in [0.4, 0.5) is 0 Å². The van der Waals surface area contributed by atoms with Gasteiger partial charge in [0.2, 0.25) is 17.7 Å². The number of unbranched alkanes of at least 4 members (excludes halogenated alkanes) is 1. The van der Waals surface area contributed by atoms with Crippen molar-refractivity contribution in [3.63, 3.8) is 0 Å². The van der Waals surface area contributed by atoms with Crippen molar-refractivity contribution in [3.8, 4) is 0 Å². The van der Waals surface area contributed by atoms with E-state index in [4.69, 9.17) is 0 Å². The SMILES string of the molecule is C=CC(=O)C(O)C(O)C(O)C(O)C(=O)NCCCC[C@H](NC(=O)[C@H](CO)NC(=O)[C@H](CO)NC(=O)CNC(C)C)C(=O)OC. The lowest BCUT2D eigenvalue weighted by atomic mass is 9.99. The van der Waals surface area contributed by atoms with Crippen molar-refractivity contribution in [3.05, 3.63) is 12.7 Å². The van der Waals surface area contributed by atoms with Gasteiger partial charge in [-0.2, -0.15) is 0 Å². The second kappa shape index (κ2) is 21.2. The van der Waals surface area contributed by atoms with E-state index in [0.29, 0.717) is 6.08 Å². The van der Waals surface area contributed by atoms with Crippen LogP contribution in [0.1, 0.15) is 33.1 Å². The highest BCUT2D eigenvalue weighted by atomic mass is 16.5. The van der Waals surface area contributed by atoms with E-state index < -0.39 is 91.1 Å². The number of carbonyl (C=O) groups is 6. The van der Waals surface area contributed by atoms with Crippen LogP contribution in [0.15, 0.2) is 12.7 Å². The maximum Gasteiger partial charge on any atom is 0.328 e. The fourth-order valence-electron chi connectivity index (χ4n) is 3.47. The van der Waals surface area contributed by atoms with Crippen LogP contribution in [0, 0.1) is 0 Å². The molecule has 0 bridgehead atoms. The first kappa shape index (κ1) is 40.5. The Balaban J connectivity index is 4.96. The summed E-state index contributed by atoms with van der Waals surface area (Å²) in [6, 6.07) is -4.24. The first-order chi connectivity index (χ1) is 20.6. The summed E-state index contributed by atoms with van der Waals surface area (Å²) in [7, 11) is 1.07. The van der Waals surface area contributed by atoms with Crippen LogP contribution < -0.4 is 26.6 Å². The number of carbonyl (C=O) groups excluding carboxylic acids is 6. The number of aliphatic hydroxyl groups excluding tert-OH is 6. The quantitative estimate of drug-likeness (QED) is 0.0300. The smallest absolute Gasteiger partial charge is 0.328 e. The van der Waals surface area contributed by atoms with Gasteiger partial charge in [-0.15, -0.1) is 0 Å². The highest BCUT2D eigenvalue weighted by molar-refractivity contribution is 5.94. The summed E-state index contributed by atoms with van der Waals surface area (Å²) >= 11 is 0. The van der Waals surface area contributed by atoms with E-state index in [1.807, 2.05) is 0 Å². The van der Waals surface area contributed by atoms with Crippen molar-refractivity contribution in [1.82, 2.24) is 26.6 Å². The average Bonchev–Trinajstić information content (AvgIpc) is 3.01. The van der Waals surface area contributed by atoms with Gasteiger partial charge in [0, 0.05) is 12.6 Å². The van der Waals surface area contributed by atoms with Gasteiger partial charge in [0.1, 0.15) is 36.4 Å². The molecule has 0 rings (SSSR count). The Morgan fingerprint density at radius 1 is 0.773 bits per heavy atom. The Hall–Kier alpha value is -3.52. The molecule has 0 saturated carbocycles. The summed E-state index contributed by atoms with van der Waals surface area (Å²) in [5.41, 5.74) is 0. The maximum atomic E-state index is 12.7. The zero-order chi connectivity index (χ0) is 34.0. The summed E-state index contributed by atoms with van der Waals surface area (Å²) in [6.07, 6.45) is -7.63. The number of aliphatic hydroxyl groups is 6. The van der Waals surface area contributed by atoms with Crippen LogP contribution in [-0.2, 0) is 33.5 Å². The molecule has 252 valence electrons. The number of hydrogen-bond donors (Lipinski definition) is 11. The standard InChI is InChI=1S/C26H45N5O13/c1-5-17(34)19(36)20(37)21(38)22(39)25(42)27-9-7-6-8-14(26(43)44-4)30-24(41)16(12-33)31-23(40)15(11-32)29-18(35)10-28-13(2)3/h5,13-16,19-22,28,32-33,36-39H,1,6-12H2,2-4H3,(H,27,42)(H,29,35)(H,30,41)(H,31,40)/t14-,15-,16-,19?,20?,21?,22?/m0/s1. The monoisotopic (exact) mass is 635 g/mol. The third-order valence-electron chi connectivity index (χ3n) is 6.10. The van der Waals surface area contributed by atoms with Crippen LogP contribution >= 0.6 is 0 Å². The lowest BCUT2D eigenvalue weighted by molar-refractivity contribution is -0.152. The second-order valence-electron chi connectivity index (χ2n) is 9.93. The van der Waals surface area contributed by atoms with Crippen molar-refractivity contribution in [1.29, 1.82) is 0 Å². The third-order valence-corrected chi connectivity index (χ3v) is 6.10. The summed E-state index contributed by atoms with van der Waals surface area (Å²) in [6.45, 7) is 4.79. The van der Waals surface area contributed by atoms with Crippen LogP contribution in [0.5, 0.6) is 0 Å². The molecule has 0 aromatic rings. The zero-order valence-corrected chi connectivity index (χ0v) is 24.9. The van der Waals surface area contributed by atoms with E-state index in [1.165, 1.54) is 0 Å². The Morgan fingerprint density at radius 2 is 1.30 bits per heavy atom. The van der Waals surface area contributed by atoms with E-state index in [9.17, 15) is 59.4 Å². The molecule has 0 heterocycles. The molecule has 7 atom stereocenters. The van der Waals surface area contributed by atoms with Gasteiger partial charge < -0.3 is 62.0 Å². The van der Waals surface area contributed by atoms with Crippen molar-refractivity contribution in [2.45, 2.75) is 81.7 Å². The summed E-state index contributed by atoms with van der Waals surface area (Å²) in [4.78, 5) is 72.8. The molecule has 0 spiro atoms. The van der Waals surface area contributed by atoms with E-state index in [0.717, 1.165) is 7.11 Å². The van der Waals surface area contributed by atoms with Crippen molar-refractivity contribution >= 4 is 35.4 Å². The molecule has 0 saturated heterocycles. The summed E-state index contributed by atoms with van der Waals surface area (Å²) in [5, 5.41) is 70.2. The number of rotatable bonds is 22. The van der Waals surface area contributed by atoms with E-state index >= 15 is 0 Å². The Bertz CT molecular complexity index is 980. The Labute approximate surface area is 254 Å². The molecule has 4 unspecified atom stereocenters. The molecular weight excluding hydrogens is 590 g/mol. The third kappa shape index (κ3) is 14.3. The van der Waals surface area contributed by atoms with Crippen LogP contribution in [0.25, 0.3) is 0 Å². The molecule has 0 fully saturated rings. The molecule has 0 aliphatic rings. The number of amides is 4. The van der Waals surface area contributed by atoms with Gasteiger partial charge in [0.25, 0.3) is 5.91 Å². The minimum Gasteiger partial charge on any atom is -0.467 e. The van der Waals surface area contributed by atoms with Crippen LogP contribution in [0.2, 0.25) is 0 Å².